The molecule has 0 heterocycles. The molecule has 18 heavy (non-hydrogen) atoms. The van der Waals surface area contributed by atoms with Gasteiger partial charge in [-0.3, -0.25) is 9.59 Å². The lowest BCUT2D eigenvalue weighted by Crippen LogP contribution is -2.57. The number of carboxylic acid groups (broad SMARTS) is 2. The van der Waals surface area contributed by atoms with E-state index < -0.39 is 24.0 Å². The highest BCUT2D eigenvalue weighted by molar-refractivity contribution is 6.38. The molecule has 0 atom stereocenters. The maximum Gasteiger partial charge on any atom is 0.429 e. The molecule has 0 aromatic carbocycles. The average molecular weight is 262 g/mol. The van der Waals surface area contributed by atoms with Crippen molar-refractivity contribution in [1.82, 2.24) is 20.9 Å². The third-order valence-electron chi connectivity index (χ3n) is 1.60. The normalized spacial score (nSPS) is 9.67. The first-order valence-electron chi connectivity index (χ1n) is 4.98. The van der Waals surface area contributed by atoms with E-state index in [-0.39, 0.29) is 23.1 Å². The summed E-state index contributed by atoms with van der Waals surface area (Å²) in [5, 5.41) is 17.4. The highest BCUT2D eigenvalue weighted by Gasteiger charge is 2.34. The van der Waals surface area contributed by atoms with Crippen molar-refractivity contribution in [2.75, 3.05) is 13.1 Å². The van der Waals surface area contributed by atoms with Crippen LogP contribution in [0.25, 0.3) is 0 Å². The topological polar surface area (TPSA) is 139 Å². The highest BCUT2D eigenvalue weighted by Crippen LogP contribution is 1.94. The molecule has 10 nitrogen and oxygen atoms in total. The number of hydrogen-bond donors (Lipinski definition) is 4. The van der Waals surface area contributed by atoms with Crippen molar-refractivity contribution < 1.29 is 29.4 Å². The van der Waals surface area contributed by atoms with Gasteiger partial charge in [0.25, 0.3) is 0 Å². The SMILES string of the molecule is CCNN(C(=O)O)C(=O)C(=O)N(NCC)C(=O)O. The van der Waals surface area contributed by atoms with Gasteiger partial charge in [0.1, 0.15) is 0 Å². The molecule has 10 heteroatoms. The Kier molecular flexibility index (Phi) is 6.31. The van der Waals surface area contributed by atoms with Gasteiger partial charge in [-0.1, -0.05) is 13.8 Å². The number of rotatable bonds is 4. The largest absolute Gasteiger partial charge is 0.464 e. The van der Waals surface area contributed by atoms with E-state index in [0.717, 1.165) is 0 Å². The first kappa shape index (κ1) is 15.8. The number of carbonyl (C=O) groups is 4. The second kappa shape index (κ2) is 7.19. The number of carbonyl (C=O) groups excluding carboxylic acids is 2. The minimum atomic E-state index is -1.71. The van der Waals surface area contributed by atoms with Crippen molar-refractivity contribution in [3.8, 4) is 0 Å². The number of nitrogens with zero attached hydrogens (tertiary/aromatic N) is 2. The predicted octanol–water partition coefficient (Wildman–Crippen LogP) is -0.951. The molecule has 0 aromatic rings. The van der Waals surface area contributed by atoms with Crippen molar-refractivity contribution in [2.45, 2.75) is 13.8 Å². The van der Waals surface area contributed by atoms with Crippen molar-refractivity contribution in [3.63, 3.8) is 0 Å². The summed E-state index contributed by atoms with van der Waals surface area (Å²) in [5.41, 5.74) is 4.23. The van der Waals surface area contributed by atoms with Gasteiger partial charge in [-0.05, 0) is 0 Å². The first-order valence-corrected chi connectivity index (χ1v) is 4.98. The van der Waals surface area contributed by atoms with Crippen molar-refractivity contribution >= 4 is 24.0 Å². The fourth-order valence-corrected chi connectivity index (χ4v) is 0.960. The van der Waals surface area contributed by atoms with Crippen LogP contribution >= 0.6 is 0 Å². The fraction of sp³-hybridized carbons (Fsp3) is 0.500. The van der Waals surface area contributed by atoms with E-state index in [1.165, 1.54) is 13.8 Å². The minimum Gasteiger partial charge on any atom is -0.464 e. The van der Waals surface area contributed by atoms with E-state index in [4.69, 9.17) is 10.2 Å². The number of imide groups is 2. The molecular weight excluding hydrogens is 248 g/mol. The lowest BCUT2D eigenvalue weighted by Gasteiger charge is -2.20. The summed E-state index contributed by atoms with van der Waals surface area (Å²) >= 11 is 0. The van der Waals surface area contributed by atoms with Gasteiger partial charge in [-0.25, -0.2) is 20.4 Å². The van der Waals surface area contributed by atoms with Crippen LogP contribution in [-0.2, 0) is 9.59 Å². The Hall–Kier alpha value is -2.20. The molecule has 102 valence electrons. The quantitative estimate of drug-likeness (QED) is 0.375. The van der Waals surface area contributed by atoms with Crippen molar-refractivity contribution in [1.29, 1.82) is 0 Å². The average Bonchev–Trinajstić information content (AvgIpc) is 2.30. The van der Waals surface area contributed by atoms with Crippen molar-refractivity contribution in [3.05, 3.63) is 0 Å². The third kappa shape index (κ3) is 3.99. The van der Waals surface area contributed by atoms with Crippen LogP contribution in [0.2, 0.25) is 0 Å². The lowest BCUT2D eigenvalue weighted by atomic mass is 10.5. The summed E-state index contributed by atoms with van der Waals surface area (Å²) < 4.78 is 0. The molecule has 0 aliphatic heterocycles. The van der Waals surface area contributed by atoms with Gasteiger partial charge in [-0.2, -0.15) is 10.0 Å². The Balaban J connectivity index is 4.98. The van der Waals surface area contributed by atoms with Crippen LogP contribution in [0.3, 0.4) is 0 Å². The maximum absolute atomic E-state index is 11.5. The molecule has 0 aliphatic carbocycles. The molecule has 0 saturated carbocycles. The molecular formula is C8H14N4O6. The Morgan fingerprint density at radius 1 is 0.833 bits per heavy atom. The summed E-state index contributed by atoms with van der Waals surface area (Å²) in [6.07, 6.45) is -3.42. The van der Waals surface area contributed by atoms with Gasteiger partial charge >= 0.3 is 24.0 Å². The van der Waals surface area contributed by atoms with Crippen LogP contribution in [0.4, 0.5) is 9.59 Å². The van der Waals surface area contributed by atoms with Gasteiger partial charge in [-0.15, -0.1) is 0 Å². The second-order valence-electron chi connectivity index (χ2n) is 2.87. The smallest absolute Gasteiger partial charge is 0.429 e. The summed E-state index contributed by atoms with van der Waals surface area (Å²) in [4.78, 5) is 44.3. The van der Waals surface area contributed by atoms with E-state index in [0.29, 0.717) is 0 Å². The molecule has 0 unspecified atom stereocenters. The summed E-state index contributed by atoms with van der Waals surface area (Å²) in [6.45, 7) is 3.15. The minimum absolute atomic E-state index is 0.0234. The second-order valence-corrected chi connectivity index (χ2v) is 2.87. The van der Waals surface area contributed by atoms with Gasteiger partial charge < -0.3 is 10.2 Å². The van der Waals surface area contributed by atoms with Crippen molar-refractivity contribution in [2.24, 2.45) is 0 Å². The van der Waals surface area contributed by atoms with E-state index in [1.807, 2.05) is 0 Å². The molecule has 4 N–H and O–H groups in total. The zero-order chi connectivity index (χ0) is 14.3. The van der Waals surface area contributed by atoms with E-state index in [9.17, 15) is 19.2 Å². The van der Waals surface area contributed by atoms with Crippen LogP contribution in [0.15, 0.2) is 0 Å². The number of amides is 4. The molecule has 0 fully saturated rings. The predicted molar refractivity (Wildman–Crippen MR) is 57.1 cm³/mol. The van der Waals surface area contributed by atoms with Crippen LogP contribution in [0.1, 0.15) is 13.8 Å². The van der Waals surface area contributed by atoms with E-state index in [1.54, 1.807) is 0 Å². The summed E-state index contributed by atoms with van der Waals surface area (Å²) in [5.74, 6) is -3.04. The van der Waals surface area contributed by atoms with Crippen LogP contribution in [0.5, 0.6) is 0 Å². The molecule has 0 saturated heterocycles. The van der Waals surface area contributed by atoms with E-state index >= 15 is 0 Å². The molecule has 0 radical (unpaired) electrons. The van der Waals surface area contributed by atoms with Gasteiger partial charge in [0.05, 0.1) is 0 Å². The Morgan fingerprint density at radius 3 is 1.28 bits per heavy atom. The Labute approximate surface area is 102 Å². The number of nitrogens with one attached hydrogen (secondary N) is 2. The third-order valence-corrected chi connectivity index (χ3v) is 1.60. The fourth-order valence-electron chi connectivity index (χ4n) is 0.960. The van der Waals surface area contributed by atoms with Gasteiger partial charge in [0.2, 0.25) is 0 Å². The molecule has 0 aliphatic rings. The molecule has 0 spiro atoms. The number of hydrazine groups is 2. The van der Waals surface area contributed by atoms with Gasteiger partial charge in [0, 0.05) is 13.1 Å². The Bertz CT molecular complexity index is 323. The zero-order valence-corrected chi connectivity index (χ0v) is 9.84. The van der Waals surface area contributed by atoms with Crippen LogP contribution < -0.4 is 10.9 Å². The monoisotopic (exact) mass is 262 g/mol. The van der Waals surface area contributed by atoms with Gasteiger partial charge in [0.15, 0.2) is 0 Å². The molecule has 0 rings (SSSR count). The van der Waals surface area contributed by atoms with E-state index in [2.05, 4.69) is 10.9 Å². The lowest BCUT2D eigenvalue weighted by molar-refractivity contribution is -0.152. The Morgan fingerprint density at radius 2 is 1.11 bits per heavy atom. The standard InChI is InChI=1S/C8H14N4O6/c1-3-9-11(7(15)16)5(13)6(14)12(8(17)18)10-4-2/h9-10H,3-4H2,1-2H3,(H,15,16)(H,17,18). The maximum atomic E-state index is 11.5. The zero-order valence-electron chi connectivity index (χ0n) is 9.84. The first-order chi connectivity index (χ1) is 8.36. The molecule has 4 amide bonds. The highest BCUT2D eigenvalue weighted by atomic mass is 16.4. The van der Waals surface area contributed by atoms with Crippen LogP contribution in [0, 0.1) is 0 Å². The summed E-state index contributed by atoms with van der Waals surface area (Å²) in [6, 6.07) is 0. The molecule has 0 aromatic heterocycles. The summed E-state index contributed by atoms with van der Waals surface area (Å²) in [7, 11) is 0. The van der Waals surface area contributed by atoms with Crippen LogP contribution in [-0.4, -0.2) is 57.3 Å². The molecule has 0 bridgehead atoms. The number of hydrogen-bond acceptors (Lipinski definition) is 6.